The van der Waals surface area contributed by atoms with Crippen LogP contribution < -0.4 is 0 Å². The number of carbonyl (C=O) groups is 2. The smallest absolute Gasteiger partial charge is 0.305 e. The molecule has 10 heteroatoms. The monoisotopic (exact) mass is 944 g/mol. The quantitative estimate of drug-likeness (QED) is 0.0208. The molecule has 67 heavy (non-hydrogen) atoms. The number of ether oxygens (including phenoxy) is 6. The van der Waals surface area contributed by atoms with E-state index < -0.39 is 6.29 Å². The van der Waals surface area contributed by atoms with Crippen LogP contribution >= 0.6 is 0 Å². The first-order chi connectivity index (χ1) is 33.0. The van der Waals surface area contributed by atoms with Crippen molar-refractivity contribution in [3.8, 4) is 23.7 Å². The van der Waals surface area contributed by atoms with Gasteiger partial charge in [0.1, 0.15) is 0 Å². The summed E-state index contributed by atoms with van der Waals surface area (Å²) >= 11 is 0. The largest absolute Gasteiger partial charge is 0.466 e. The molecule has 0 rings (SSSR count). The zero-order valence-corrected chi connectivity index (χ0v) is 43.6. The summed E-state index contributed by atoms with van der Waals surface area (Å²) in [6.45, 7) is 15.0. The van der Waals surface area contributed by atoms with Gasteiger partial charge in [-0.3, -0.25) is 9.59 Å². The number of aliphatic hydroxyl groups excluding tert-OH is 1. The second-order valence-corrected chi connectivity index (χ2v) is 17.5. The Kier molecular flexibility index (Phi) is 52.1. The van der Waals surface area contributed by atoms with Crippen molar-refractivity contribution in [1.29, 1.82) is 0 Å². The highest BCUT2D eigenvalue weighted by Gasteiger charge is 2.15. The van der Waals surface area contributed by atoms with Crippen LogP contribution in [0.15, 0.2) is 24.3 Å². The minimum Gasteiger partial charge on any atom is -0.466 e. The number of carbonyl (C=O) groups excluding carboxylic acids is 2. The summed E-state index contributed by atoms with van der Waals surface area (Å²) in [4.78, 5) is 27.5. The Hall–Kier alpha value is -2.70. The molecule has 0 spiro atoms. The number of esters is 2. The van der Waals surface area contributed by atoms with Gasteiger partial charge < -0.3 is 38.4 Å². The van der Waals surface area contributed by atoms with E-state index in [-0.39, 0.29) is 31.3 Å². The van der Waals surface area contributed by atoms with Gasteiger partial charge in [-0.05, 0) is 109 Å². The molecule has 10 nitrogen and oxygen atoms in total. The first-order valence-electron chi connectivity index (χ1n) is 27.3. The van der Waals surface area contributed by atoms with Gasteiger partial charge in [0.25, 0.3) is 0 Å². The Labute approximate surface area is 411 Å². The zero-order chi connectivity index (χ0) is 48.8. The van der Waals surface area contributed by atoms with Gasteiger partial charge in [0.05, 0.1) is 39.3 Å². The summed E-state index contributed by atoms with van der Waals surface area (Å²) in [6, 6.07) is 0. The van der Waals surface area contributed by atoms with Crippen molar-refractivity contribution < 1.29 is 43.1 Å². The van der Waals surface area contributed by atoms with Crippen molar-refractivity contribution in [3.05, 3.63) is 24.3 Å². The van der Waals surface area contributed by atoms with Gasteiger partial charge in [0.2, 0.25) is 0 Å². The molecule has 0 unspecified atom stereocenters. The molecule has 0 saturated carbocycles. The Morgan fingerprint density at radius 2 is 0.836 bits per heavy atom. The van der Waals surface area contributed by atoms with Crippen molar-refractivity contribution in [2.75, 3.05) is 65.9 Å². The second-order valence-electron chi connectivity index (χ2n) is 17.5. The Balaban J connectivity index is 4.27. The molecule has 0 aromatic carbocycles. The normalized spacial score (nSPS) is 11.5. The van der Waals surface area contributed by atoms with E-state index in [0.717, 1.165) is 180 Å². The van der Waals surface area contributed by atoms with E-state index in [0.29, 0.717) is 71.7 Å². The molecule has 0 aromatic heterocycles. The number of allylic oxidation sites excluding steroid dienone is 4. The van der Waals surface area contributed by atoms with Crippen LogP contribution in [0, 0.1) is 23.7 Å². The SMILES string of the molecule is CC/C=C\CCCCOC(CCC(=O)OCCCCCCCN(CCCO)CCCCCCCOC(=O)CCC(OCCC#CCCCC)OCCC#CCCCC)OCCCC/C=C\CC. The maximum Gasteiger partial charge on any atom is 0.305 e. The Morgan fingerprint density at radius 3 is 1.27 bits per heavy atom. The highest BCUT2D eigenvalue weighted by Crippen LogP contribution is 2.13. The first kappa shape index (κ1) is 64.3. The van der Waals surface area contributed by atoms with Crippen LogP contribution in [0.5, 0.6) is 0 Å². The molecule has 0 atom stereocenters. The van der Waals surface area contributed by atoms with Crippen molar-refractivity contribution >= 4 is 11.9 Å². The summed E-state index contributed by atoms with van der Waals surface area (Å²) in [5.74, 6) is 12.3. The molecule has 1 N–H and O–H groups in total. The average molecular weight is 944 g/mol. The number of rotatable bonds is 49. The molecule has 0 aliphatic heterocycles. The van der Waals surface area contributed by atoms with Crippen LogP contribution in [0.1, 0.15) is 227 Å². The summed E-state index contributed by atoms with van der Waals surface area (Å²) in [5, 5.41) is 9.46. The van der Waals surface area contributed by atoms with Crippen molar-refractivity contribution in [2.45, 2.75) is 239 Å². The van der Waals surface area contributed by atoms with Crippen LogP contribution in [0.2, 0.25) is 0 Å². The summed E-state index contributed by atoms with van der Waals surface area (Å²) in [7, 11) is 0. The molecule has 0 saturated heterocycles. The van der Waals surface area contributed by atoms with E-state index in [2.05, 4.69) is 80.6 Å². The molecule has 388 valence electrons. The molecule has 0 aliphatic carbocycles. The lowest BCUT2D eigenvalue weighted by molar-refractivity contribution is -0.159. The van der Waals surface area contributed by atoms with Crippen LogP contribution in [0.3, 0.4) is 0 Å². The lowest BCUT2D eigenvalue weighted by Gasteiger charge is -2.22. The number of unbranched alkanes of at least 4 members (excludes halogenated alkanes) is 16. The van der Waals surface area contributed by atoms with Gasteiger partial charge in [-0.2, -0.15) is 0 Å². The number of hydrogen-bond acceptors (Lipinski definition) is 10. The van der Waals surface area contributed by atoms with Gasteiger partial charge in [0.15, 0.2) is 12.6 Å². The first-order valence-corrected chi connectivity index (χ1v) is 27.3. The number of aliphatic hydroxyl groups is 1. The molecule has 0 radical (unpaired) electrons. The third-order valence-electron chi connectivity index (χ3n) is 11.1. The van der Waals surface area contributed by atoms with Gasteiger partial charge in [0, 0.05) is 64.9 Å². The topological polar surface area (TPSA) is 113 Å². The predicted molar refractivity (Wildman–Crippen MR) is 276 cm³/mol. The fourth-order valence-corrected chi connectivity index (χ4v) is 7.08. The van der Waals surface area contributed by atoms with Crippen LogP contribution in [0.4, 0.5) is 0 Å². The summed E-state index contributed by atoms with van der Waals surface area (Å²) < 4.78 is 35.1. The Bertz CT molecular complexity index is 1210. The van der Waals surface area contributed by atoms with Crippen molar-refractivity contribution in [2.24, 2.45) is 0 Å². The minimum absolute atomic E-state index is 0.174. The molecule has 0 heterocycles. The highest BCUT2D eigenvalue weighted by atomic mass is 16.7. The van der Waals surface area contributed by atoms with Gasteiger partial charge in [-0.25, -0.2) is 0 Å². The molecule has 0 aliphatic rings. The van der Waals surface area contributed by atoms with E-state index in [1.54, 1.807) is 0 Å². The van der Waals surface area contributed by atoms with Gasteiger partial charge in [-0.1, -0.05) is 103 Å². The zero-order valence-electron chi connectivity index (χ0n) is 43.6. The van der Waals surface area contributed by atoms with E-state index >= 15 is 0 Å². The number of nitrogens with zero attached hydrogens (tertiary/aromatic N) is 1. The van der Waals surface area contributed by atoms with Crippen molar-refractivity contribution in [1.82, 2.24) is 4.90 Å². The Morgan fingerprint density at radius 1 is 0.448 bits per heavy atom. The maximum atomic E-state index is 12.5. The molecule has 0 bridgehead atoms. The van der Waals surface area contributed by atoms with E-state index in [9.17, 15) is 14.7 Å². The molecular weight excluding hydrogens is 843 g/mol. The third kappa shape index (κ3) is 49.5. The van der Waals surface area contributed by atoms with E-state index in [1.165, 1.54) is 0 Å². The lowest BCUT2D eigenvalue weighted by atomic mass is 10.1. The maximum absolute atomic E-state index is 12.5. The summed E-state index contributed by atoms with van der Waals surface area (Å²) in [6.07, 6.45) is 37.1. The lowest BCUT2D eigenvalue weighted by Crippen LogP contribution is -2.27. The van der Waals surface area contributed by atoms with Crippen LogP contribution in [-0.2, 0) is 38.0 Å². The second kappa shape index (κ2) is 54.2. The molecule has 0 aromatic rings. The molecule has 0 fully saturated rings. The minimum atomic E-state index is -0.462. The van der Waals surface area contributed by atoms with E-state index in [4.69, 9.17) is 28.4 Å². The van der Waals surface area contributed by atoms with Gasteiger partial charge in [-0.15, -0.1) is 23.7 Å². The van der Waals surface area contributed by atoms with E-state index in [1.807, 2.05) is 0 Å². The fraction of sp³-hybridized carbons (Fsp3) is 0.825. The average Bonchev–Trinajstić information content (AvgIpc) is 3.33. The van der Waals surface area contributed by atoms with Crippen LogP contribution in [-0.4, -0.2) is 100 Å². The summed E-state index contributed by atoms with van der Waals surface area (Å²) in [5.41, 5.74) is 0. The fourth-order valence-electron chi connectivity index (χ4n) is 7.08. The van der Waals surface area contributed by atoms with Crippen molar-refractivity contribution in [3.63, 3.8) is 0 Å². The standard InChI is InChI=1S/C57H101NO9/c1-5-9-13-17-25-35-50-64-56(65-51-36-26-18-14-10-6-2)42-40-54(60)62-48-33-29-21-23-31-44-58(46-39-47-59)45-32-24-22-30-34-49-63-55(61)41-43-57(66-52-37-27-19-15-11-7-3)67-53-38-28-20-16-12-8-4/h9-10,13-14,56-57,59H,5-8,11-12,15-18,21-26,29-53H2,1-4H3/b13-9-,14-10-. The predicted octanol–water partition coefficient (Wildman–Crippen LogP) is 13.4. The molecular formula is C57H101NO9. The van der Waals surface area contributed by atoms with Crippen LogP contribution in [0.25, 0.3) is 0 Å². The van der Waals surface area contributed by atoms with Gasteiger partial charge >= 0.3 is 11.9 Å². The number of hydrogen-bond donors (Lipinski definition) is 1. The highest BCUT2D eigenvalue weighted by molar-refractivity contribution is 5.69. The third-order valence-corrected chi connectivity index (χ3v) is 11.1. The molecule has 0 amide bonds.